The van der Waals surface area contributed by atoms with Crippen LogP contribution in [0.5, 0.6) is 0 Å². The molecule has 0 aromatic carbocycles. The van der Waals surface area contributed by atoms with Gasteiger partial charge in [0.05, 0.1) is 0 Å². The number of carbonyl (C=O) groups excluding carboxylic acids is 1. The van der Waals surface area contributed by atoms with E-state index in [1.54, 1.807) is 4.90 Å². The molecule has 2 unspecified atom stereocenters. The molecule has 86 valence electrons. The highest BCUT2D eigenvalue weighted by Crippen LogP contribution is 2.30. The monoisotopic (exact) mass is 212 g/mol. The molecule has 1 saturated heterocycles. The van der Waals surface area contributed by atoms with E-state index in [2.05, 4.69) is 5.18 Å². The van der Waals surface area contributed by atoms with Gasteiger partial charge in [0.2, 0.25) is 5.91 Å². The Balaban J connectivity index is 2.72. The van der Waals surface area contributed by atoms with E-state index in [9.17, 15) is 9.70 Å². The Morgan fingerprint density at radius 2 is 2.07 bits per heavy atom. The Bertz CT molecular complexity index is 258. The number of likely N-dealkylation sites (tertiary alicyclic amines) is 1. The quantitative estimate of drug-likeness (QED) is 0.660. The molecule has 2 atom stereocenters. The van der Waals surface area contributed by atoms with Gasteiger partial charge in [0.25, 0.3) is 0 Å². The van der Waals surface area contributed by atoms with Crippen molar-refractivity contribution in [2.75, 3.05) is 6.54 Å². The molecule has 0 spiro atoms. The first-order valence-corrected chi connectivity index (χ1v) is 5.51. The minimum atomic E-state index is -0.428. The molecule has 0 radical (unpaired) electrons. The molecular weight excluding hydrogens is 192 g/mol. The van der Waals surface area contributed by atoms with Gasteiger partial charge >= 0.3 is 0 Å². The summed E-state index contributed by atoms with van der Waals surface area (Å²) in [5, 5.41) is 3.01. The van der Waals surface area contributed by atoms with Crippen molar-refractivity contribution in [2.24, 2.45) is 16.5 Å². The summed E-state index contributed by atoms with van der Waals surface area (Å²) in [6.45, 7) is 8.71. The molecule has 1 fully saturated rings. The molecule has 1 rings (SSSR count). The number of carbonyl (C=O) groups is 1. The molecule has 0 saturated carbocycles. The Labute approximate surface area is 91.0 Å². The molecule has 1 aliphatic heterocycles. The number of amides is 1. The van der Waals surface area contributed by atoms with Crippen LogP contribution in [0.15, 0.2) is 5.18 Å². The highest BCUT2D eigenvalue weighted by Gasteiger charge is 2.36. The summed E-state index contributed by atoms with van der Waals surface area (Å²) in [5.41, 5.74) is -0.0624. The average Bonchev–Trinajstić information content (AvgIpc) is 2.61. The topological polar surface area (TPSA) is 49.7 Å². The van der Waals surface area contributed by atoms with Crippen LogP contribution in [-0.2, 0) is 4.79 Å². The molecule has 0 bridgehead atoms. The van der Waals surface area contributed by atoms with Crippen LogP contribution in [0.1, 0.15) is 40.5 Å². The first-order valence-electron chi connectivity index (χ1n) is 5.51. The minimum absolute atomic E-state index is 0.0598. The van der Waals surface area contributed by atoms with Crippen molar-refractivity contribution in [3.63, 3.8) is 0 Å². The highest BCUT2D eigenvalue weighted by molar-refractivity contribution is 5.79. The van der Waals surface area contributed by atoms with Gasteiger partial charge < -0.3 is 4.90 Å². The molecule has 1 aliphatic rings. The van der Waals surface area contributed by atoms with E-state index < -0.39 is 6.17 Å². The fraction of sp³-hybridized carbons (Fsp3) is 0.909. The maximum Gasteiger partial charge on any atom is 0.227 e. The van der Waals surface area contributed by atoms with E-state index in [0.29, 0.717) is 13.0 Å². The Morgan fingerprint density at radius 1 is 1.47 bits per heavy atom. The van der Waals surface area contributed by atoms with Gasteiger partial charge in [-0.1, -0.05) is 27.7 Å². The highest BCUT2D eigenvalue weighted by atomic mass is 16.3. The van der Waals surface area contributed by atoms with E-state index in [1.807, 2.05) is 27.7 Å². The molecule has 1 heterocycles. The summed E-state index contributed by atoms with van der Waals surface area (Å²) in [4.78, 5) is 24.3. The fourth-order valence-corrected chi connectivity index (χ4v) is 1.73. The van der Waals surface area contributed by atoms with Gasteiger partial charge in [-0.15, -0.1) is 4.91 Å². The van der Waals surface area contributed by atoms with Gasteiger partial charge in [-0.3, -0.25) is 4.79 Å². The van der Waals surface area contributed by atoms with Crippen LogP contribution in [0.4, 0.5) is 0 Å². The summed E-state index contributed by atoms with van der Waals surface area (Å²) >= 11 is 0. The van der Waals surface area contributed by atoms with Gasteiger partial charge in [0.1, 0.15) is 0 Å². The van der Waals surface area contributed by atoms with Crippen LogP contribution in [0, 0.1) is 16.2 Å². The maximum absolute atomic E-state index is 12.1. The van der Waals surface area contributed by atoms with E-state index in [-0.39, 0.29) is 17.2 Å². The first-order chi connectivity index (χ1) is 6.88. The molecule has 0 aromatic heterocycles. The molecule has 4 nitrogen and oxygen atoms in total. The largest absolute Gasteiger partial charge is 0.317 e. The number of rotatable bonds is 2. The summed E-state index contributed by atoms with van der Waals surface area (Å²) in [7, 11) is 0. The smallest absolute Gasteiger partial charge is 0.227 e. The fourth-order valence-electron chi connectivity index (χ4n) is 1.73. The predicted octanol–water partition coefficient (Wildman–Crippen LogP) is 2.38. The van der Waals surface area contributed by atoms with Crippen LogP contribution in [0.25, 0.3) is 0 Å². The lowest BCUT2D eigenvalue weighted by atomic mass is 9.81. The predicted molar refractivity (Wildman–Crippen MR) is 59.1 cm³/mol. The van der Waals surface area contributed by atoms with Crippen LogP contribution >= 0.6 is 0 Å². The van der Waals surface area contributed by atoms with Crippen molar-refractivity contribution in [3.05, 3.63) is 4.91 Å². The summed E-state index contributed by atoms with van der Waals surface area (Å²) in [5.74, 6) is -0.00977. The second-order valence-corrected chi connectivity index (χ2v) is 5.35. The molecule has 1 amide bonds. The Morgan fingerprint density at radius 3 is 2.53 bits per heavy atom. The van der Waals surface area contributed by atoms with E-state index >= 15 is 0 Å². The third-order valence-corrected chi connectivity index (χ3v) is 3.30. The summed E-state index contributed by atoms with van der Waals surface area (Å²) in [6.07, 6.45) is 1.17. The normalized spacial score (nSPS) is 24.0. The van der Waals surface area contributed by atoms with Gasteiger partial charge in [-0.05, 0) is 23.4 Å². The standard InChI is InChI=1S/C11H20N2O2/c1-8(11(2,3)4)10(14)13-7-5-6-9(13)12-15/h8-9H,5-7H2,1-4H3. The van der Waals surface area contributed by atoms with Gasteiger partial charge in [0.15, 0.2) is 6.17 Å². The lowest BCUT2D eigenvalue weighted by Gasteiger charge is -2.31. The second-order valence-electron chi connectivity index (χ2n) is 5.35. The van der Waals surface area contributed by atoms with Gasteiger partial charge in [-0.25, -0.2) is 0 Å². The van der Waals surface area contributed by atoms with Crippen molar-refractivity contribution in [1.29, 1.82) is 0 Å². The van der Waals surface area contributed by atoms with E-state index in [0.717, 1.165) is 6.42 Å². The van der Waals surface area contributed by atoms with Crippen molar-refractivity contribution >= 4 is 5.91 Å². The van der Waals surface area contributed by atoms with Crippen LogP contribution in [0.3, 0.4) is 0 Å². The molecule has 0 aliphatic carbocycles. The number of nitroso groups, excluding NO2 is 1. The Kier molecular flexibility index (Phi) is 3.47. The molecule has 4 heteroatoms. The minimum Gasteiger partial charge on any atom is -0.317 e. The van der Waals surface area contributed by atoms with Gasteiger partial charge in [0, 0.05) is 12.5 Å². The average molecular weight is 212 g/mol. The summed E-state index contributed by atoms with van der Waals surface area (Å²) < 4.78 is 0. The maximum atomic E-state index is 12.1. The molecule has 0 aromatic rings. The second kappa shape index (κ2) is 4.29. The third kappa shape index (κ3) is 2.55. The van der Waals surface area contributed by atoms with Crippen molar-refractivity contribution in [1.82, 2.24) is 4.90 Å². The molecule has 15 heavy (non-hydrogen) atoms. The van der Waals surface area contributed by atoms with Crippen LogP contribution in [-0.4, -0.2) is 23.5 Å². The molecular formula is C11H20N2O2. The Hall–Kier alpha value is -0.930. The number of hydrogen-bond donors (Lipinski definition) is 0. The van der Waals surface area contributed by atoms with Crippen LogP contribution in [0.2, 0.25) is 0 Å². The number of nitrogens with zero attached hydrogens (tertiary/aromatic N) is 2. The zero-order valence-electron chi connectivity index (χ0n) is 9.99. The van der Waals surface area contributed by atoms with E-state index in [4.69, 9.17) is 0 Å². The summed E-state index contributed by atoms with van der Waals surface area (Å²) in [6, 6.07) is 0. The lowest BCUT2D eigenvalue weighted by molar-refractivity contribution is -0.139. The van der Waals surface area contributed by atoms with Crippen molar-refractivity contribution < 1.29 is 4.79 Å². The van der Waals surface area contributed by atoms with Crippen molar-refractivity contribution in [2.45, 2.75) is 46.7 Å². The van der Waals surface area contributed by atoms with Crippen LogP contribution < -0.4 is 0 Å². The SMILES string of the molecule is CC(C(=O)N1CCCC1N=O)C(C)(C)C. The zero-order chi connectivity index (χ0) is 11.6. The number of hydrogen-bond acceptors (Lipinski definition) is 3. The zero-order valence-corrected chi connectivity index (χ0v) is 9.99. The van der Waals surface area contributed by atoms with Crippen molar-refractivity contribution in [3.8, 4) is 0 Å². The first kappa shape index (κ1) is 12.1. The lowest BCUT2D eigenvalue weighted by Crippen LogP contribution is -2.41. The van der Waals surface area contributed by atoms with Gasteiger partial charge in [-0.2, -0.15) is 0 Å². The molecule has 0 N–H and O–H groups in total. The third-order valence-electron chi connectivity index (χ3n) is 3.30. The van der Waals surface area contributed by atoms with E-state index in [1.165, 1.54) is 0 Å².